The summed E-state index contributed by atoms with van der Waals surface area (Å²) in [5, 5.41) is 1.17. The molecular formula is C10H20O4Si. The van der Waals surface area contributed by atoms with Crippen molar-refractivity contribution in [1.29, 1.82) is 0 Å². The molecule has 0 N–H and O–H groups in total. The molecule has 0 heterocycles. The summed E-state index contributed by atoms with van der Waals surface area (Å²) < 4.78 is 14.5. The van der Waals surface area contributed by atoms with E-state index in [4.69, 9.17) is 14.2 Å². The first-order chi connectivity index (χ1) is 7.06. The van der Waals surface area contributed by atoms with Gasteiger partial charge in [0.25, 0.3) is 0 Å². The molecule has 0 aromatic heterocycles. The first kappa shape index (κ1) is 14.3. The molecule has 0 aliphatic rings. The van der Waals surface area contributed by atoms with E-state index in [2.05, 4.69) is 6.92 Å². The highest BCUT2D eigenvalue weighted by Gasteiger charge is 2.15. The SMILES string of the molecule is CCCC([SiH3])=C(C)C(=O)OC(OC)OC. The highest BCUT2D eigenvalue weighted by molar-refractivity contribution is 6.24. The average molecular weight is 232 g/mol. The van der Waals surface area contributed by atoms with Gasteiger partial charge in [0.2, 0.25) is 0 Å². The van der Waals surface area contributed by atoms with Crippen molar-refractivity contribution in [3.05, 3.63) is 10.8 Å². The summed E-state index contributed by atoms with van der Waals surface area (Å²) in [5.74, 6) is -0.359. The highest BCUT2D eigenvalue weighted by atomic mass is 28.1. The molecule has 0 unspecified atom stereocenters. The van der Waals surface area contributed by atoms with Crippen LogP contribution in [0.2, 0.25) is 0 Å². The number of ether oxygens (including phenoxy) is 3. The molecule has 0 amide bonds. The maximum absolute atomic E-state index is 11.6. The molecule has 0 aromatic carbocycles. The molecule has 0 aliphatic carbocycles. The lowest BCUT2D eigenvalue weighted by Gasteiger charge is -2.14. The molecule has 88 valence electrons. The first-order valence-electron chi connectivity index (χ1n) is 4.99. The summed E-state index contributed by atoms with van der Waals surface area (Å²) in [6.07, 6.45) is 2.00. The Morgan fingerprint density at radius 1 is 1.33 bits per heavy atom. The molecule has 0 saturated heterocycles. The molecule has 0 aromatic rings. The number of esters is 1. The molecule has 4 nitrogen and oxygen atoms in total. The highest BCUT2D eigenvalue weighted by Crippen LogP contribution is 2.10. The Bertz CT molecular complexity index is 234. The van der Waals surface area contributed by atoms with Gasteiger partial charge in [-0.05, 0) is 13.3 Å². The third-order valence-corrected chi connectivity index (χ3v) is 3.41. The van der Waals surface area contributed by atoms with Crippen LogP contribution in [0.5, 0.6) is 0 Å². The van der Waals surface area contributed by atoms with Crippen molar-refractivity contribution in [2.24, 2.45) is 0 Å². The molecule has 0 aliphatic heterocycles. The second kappa shape index (κ2) is 7.61. The van der Waals surface area contributed by atoms with E-state index >= 15 is 0 Å². The predicted molar refractivity (Wildman–Crippen MR) is 61.4 cm³/mol. The lowest BCUT2D eigenvalue weighted by molar-refractivity contribution is -0.252. The maximum Gasteiger partial charge on any atom is 0.337 e. The van der Waals surface area contributed by atoms with Crippen LogP contribution >= 0.6 is 0 Å². The fraction of sp³-hybridized carbons (Fsp3) is 0.700. The average Bonchev–Trinajstić information content (AvgIpc) is 2.24. The fourth-order valence-corrected chi connectivity index (χ4v) is 1.81. The van der Waals surface area contributed by atoms with Gasteiger partial charge in [0.15, 0.2) is 0 Å². The van der Waals surface area contributed by atoms with Crippen molar-refractivity contribution in [2.45, 2.75) is 33.2 Å². The van der Waals surface area contributed by atoms with Crippen LogP contribution in [0.4, 0.5) is 0 Å². The topological polar surface area (TPSA) is 44.8 Å². The molecule has 0 spiro atoms. The Kier molecular flexibility index (Phi) is 7.28. The number of allylic oxidation sites excluding steroid dienone is 1. The standard InChI is InChI=1S/C10H20O4Si/c1-5-6-8(15)7(2)9(11)14-10(12-3)13-4/h10H,5-6H2,1-4,15H3. The quantitative estimate of drug-likeness (QED) is 0.290. The van der Waals surface area contributed by atoms with Crippen LogP contribution in [0.15, 0.2) is 10.8 Å². The first-order valence-corrected chi connectivity index (χ1v) is 5.99. The molecular weight excluding hydrogens is 212 g/mol. The van der Waals surface area contributed by atoms with Crippen LogP contribution in [0.25, 0.3) is 0 Å². The summed E-state index contributed by atoms with van der Waals surface area (Å²) in [7, 11) is 3.73. The minimum absolute atomic E-state index is 0.359. The number of hydrogen-bond donors (Lipinski definition) is 0. The summed E-state index contributed by atoms with van der Waals surface area (Å²) in [6, 6.07) is 0. The summed E-state index contributed by atoms with van der Waals surface area (Å²) in [5.41, 5.74) is 0.683. The van der Waals surface area contributed by atoms with Crippen LogP contribution in [-0.4, -0.2) is 36.9 Å². The van der Waals surface area contributed by atoms with Crippen molar-refractivity contribution in [3.63, 3.8) is 0 Å². The Hall–Kier alpha value is -0.653. The zero-order valence-electron chi connectivity index (χ0n) is 10.1. The normalized spacial score (nSPS) is 12.9. The maximum atomic E-state index is 11.6. The van der Waals surface area contributed by atoms with E-state index in [1.807, 2.05) is 0 Å². The Balaban J connectivity index is 4.37. The van der Waals surface area contributed by atoms with E-state index in [-0.39, 0.29) is 5.97 Å². The van der Waals surface area contributed by atoms with E-state index in [1.165, 1.54) is 19.4 Å². The van der Waals surface area contributed by atoms with Gasteiger partial charge in [-0.1, -0.05) is 18.5 Å². The largest absolute Gasteiger partial charge is 0.407 e. The molecule has 0 fully saturated rings. The second-order valence-electron chi connectivity index (χ2n) is 3.32. The zero-order valence-corrected chi connectivity index (χ0v) is 12.1. The van der Waals surface area contributed by atoms with Crippen molar-refractivity contribution in [3.8, 4) is 0 Å². The van der Waals surface area contributed by atoms with E-state index < -0.39 is 6.48 Å². The Morgan fingerprint density at radius 2 is 1.87 bits per heavy atom. The van der Waals surface area contributed by atoms with Crippen LogP contribution in [0.1, 0.15) is 26.7 Å². The zero-order chi connectivity index (χ0) is 11.8. The second-order valence-corrected chi connectivity index (χ2v) is 4.53. The molecule has 0 bridgehead atoms. The molecule has 5 heteroatoms. The fourth-order valence-electron chi connectivity index (χ4n) is 1.10. The lowest BCUT2D eigenvalue weighted by Crippen LogP contribution is -2.22. The minimum atomic E-state index is -0.913. The van der Waals surface area contributed by atoms with E-state index in [0.29, 0.717) is 5.57 Å². The predicted octanol–water partition coefficient (Wildman–Crippen LogP) is 0.545. The number of hydrogen-bond acceptors (Lipinski definition) is 4. The van der Waals surface area contributed by atoms with E-state index in [0.717, 1.165) is 23.1 Å². The van der Waals surface area contributed by atoms with Gasteiger partial charge < -0.3 is 14.2 Å². The molecule has 0 atom stereocenters. The molecule has 0 rings (SSSR count). The third-order valence-electron chi connectivity index (χ3n) is 2.16. The van der Waals surface area contributed by atoms with E-state index in [9.17, 15) is 4.79 Å². The van der Waals surface area contributed by atoms with Crippen molar-refractivity contribution in [1.82, 2.24) is 0 Å². The summed E-state index contributed by atoms with van der Waals surface area (Å²) in [6.45, 7) is 2.95. The number of methoxy groups -OCH3 is 2. The summed E-state index contributed by atoms with van der Waals surface area (Å²) >= 11 is 0. The van der Waals surface area contributed by atoms with Crippen LogP contribution in [0, 0.1) is 0 Å². The van der Waals surface area contributed by atoms with Crippen LogP contribution in [-0.2, 0) is 19.0 Å². The van der Waals surface area contributed by atoms with Crippen molar-refractivity contribution < 1.29 is 19.0 Å². The van der Waals surface area contributed by atoms with Crippen LogP contribution in [0.3, 0.4) is 0 Å². The minimum Gasteiger partial charge on any atom is -0.407 e. The van der Waals surface area contributed by atoms with Gasteiger partial charge in [-0.2, -0.15) is 0 Å². The van der Waals surface area contributed by atoms with Gasteiger partial charge in [-0.25, -0.2) is 4.79 Å². The molecule has 0 radical (unpaired) electrons. The van der Waals surface area contributed by atoms with Gasteiger partial charge in [0.05, 0.1) is 0 Å². The summed E-state index contributed by atoms with van der Waals surface area (Å²) in [4.78, 5) is 11.6. The van der Waals surface area contributed by atoms with Gasteiger partial charge in [-0.15, -0.1) is 0 Å². The number of carbonyl (C=O) groups is 1. The van der Waals surface area contributed by atoms with Gasteiger partial charge in [-0.3, -0.25) is 0 Å². The lowest BCUT2D eigenvalue weighted by atomic mass is 10.2. The van der Waals surface area contributed by atoms with Crippen LogP contribution < -0.4 is 0 Å². The third kappa shape index (κ3) is 5.11. The number of carbonyl (C=O) groups excluding carboxylic acids is 1. The van der Waals surface area contributed by atoms with Crippen molar-refractivity contribution >= 4 is 16.2 Å². The van der Waals surface area contributed by atoms with E-state index in [1.54, 1.807) is 6.92 Å². The monoisotopic (exact) mass is 232 g/mol. The van der Waals surface area contributed by atoms with Gasteiger partial charge in [0.1, 0.15) is 0 Å². The smallest absolute Gasteiger partial charge is 0.337 e. The Labute approximate surface area is 94.0 Å². The van der Waals surface area contributed by atoms with Gasteiger partial charge >= 0.3 is 12.4 Å². The Morgan fingerprint density at radius 3 is 2.27 bits per heavy atom. The van der Waals surface area contributed by atoms with Crippen molar-refractivity contribution in [2.75, 3.05) is 14.2 Å². The van der Waals surface area contributed by atoms with Gasteiger partial charge in [0, 0.05) is 30.0 Å². The molecule has 15 heavy (non-hydrogen) atoms. The molecule has 0 saturated carbocycles. The number of rotatable bonds is 6.